The highest BCUT2D eigenvalue weighted by Crippen LogP contribution is 2.21. The molecule has 0 bridgehead atoms. The molecule has 6 nitrogen and oxygen atoms in total. The van der Waals surface area contributed by atoms with E-state index in [-0.39, 0.29) is 10.5 Å². The highest BCUT2D eigenvalue weighted by atomic mass is 35.5. The number of amides is 1. The zero-order valence-corrected chi connectivity index (χ0v) is 16.4. The number of sulfonamides is 1. The second-order valence-electron chi connectivity index (χ2n) is 6.26. The molecule has 0 aliphatic carbocycles. The minimum atomic E-state index is -3.57. The van der Waals surface area contributed by atoms with Gasteiger partial charge < -0.3 is 0 Å². The van der Waals surface area contributed by atoms with Gasteiger partial charge in [-0.2, -0.15) is 9.41 Å². The van der Waals surface area contributed by atoms with Crippen LogP contribution in [0.4, 0.5) is 0 Å². The summed E-state index contributed by atoms with van der Waals surface area (Å²) in [6, 6.07) is 13.2. The Morgan fingerprint density at radius 3 is 2.52 bits per heavy atom. The van der Waals surface area contributed by atoms with E-state index in [1.807, 2.05) is 12.1 Å². The van der Waals surface area contributed by atoms with Gasteiger partial charge in [-0.15, -0.1) is 0 Å². The van der Waals surface area contributed by atoms with E-state index in [2.05, 4.69) is 10.5 Å². The number of benzene rings is 2. The highest BCUT2D eigenvalue weighted by Gasteiger charge is 2.27. The van der Waals surface area contributed by atoms with Crippen molar-refractivity contribution >= 4 is 33.2 Å². The third-order valence-corrected chi connectivity index (χ3v) is 6.61. The summed E-state index contributed by atoms with van der Waals surface area (Å²) in [6.45, 7) is 2.76. The van der Waals surface area contributed by atoms with Crippen molar-refractivity contribution < 1.29 is 13.2 Å². The van der Waals surface area contributed by atoms with E-state index in [1.165, 1.54) is 16.4 Å². The van der Waals surface area contributed by atoms with Crippen LogP contribution in [0.2, 0.25) is 5.02 Å². The summed E-state index contributed by atoms with van der Waals surface area (Å²) < 4.78 is 26.7. The lowest BCUT2D eigenvalue weighted by Gasteiger charge is -2.15. The molecule has 0 spiro atoms. The number of halogens is 1. The van der Waals surface area contributed by atoms with Crippen molar-refractivity contribution in [2.75, 3.05) is 13.1 Å². The zero-order chi connectivity index (χ0) is 19.4. The van der Waals surface area contributed by atoms with Crippen LogP contribution in [-0.2, 0) is 10.0 Å². The number of nitrogens with one attached hydrogen (secondary N) is 1. The van der Waals surface area contributed by atoms with Crippen LogP contribution in [-0.4, -0.2) is 37.4 Å². The van der Waals surface area contributed by atoms with Gasteiger partial charge in [0, 0.05) is 29.2 Å². The number of carbonyl (C=O) groups excluding carboxylic acids is 1. The molecule has 142 valence electrons. The first-order valence-corrected chi connectivity index (χ1v) is 10.4. The molecule has 2 aromatic carbocycles. The van der Waals surface area contributed by atoms with Crippen LogP contribution in [0, 0.1) is 0 Å². The van der Waals surface area contributed by atoms with Gasteiger partial charge in [-0.1, -0.05) is 35.9 Å². The lowest BCUT2D eigenvalue weighted by Crippen LogP contribution is -2.28. The Morgan fingerprint density at radius 2 is 1.81 bits per heavy atom. The van der Waals surface area contributed by atoms with Crippen molar-refractivity contribution in [2.24, 2.45) is 5.10 Å². The predicted molar refractivity (Wildman–Crippen MR) is 106 cm³/mol. The first-order chi connectivity index (χ1) is 12.9. The van der Waals surface area contributed by atoms with Gasteiger partial charge in [0.05, 0.1) is 10.6 Å². The van der Waals surface area contributed by atoms with Crippen molar-refractivity contribution in [3.63, 3.8) is 0 Å². The number of hydrazone groups is 1. The quantitative estimate of drug-likeness (QED) is 0.612. The van der Waals surface area contributed by atoms with Crippen LogP contribution < -0.4 is 5.43 Å². The monoisotopic (exact) mass is 405 g/mol. The van der Waals surface area contributed by atoms with Crippen LogP contribution in [0.3, 0.4) is 0 Å². The minimum Gasteiger partial charge on any atom is -0.267 e. The largest absolute Gasteiger partial charge is 0.271 e. The molecule has 0 atom stereocenters. The van der Waals surface area contributed by atoms with E-state index in [9.17, 15) is 13.2 Å². The van der Waals surface area contributed by atoms with Gasteiger partial charge in [-0.05, 0) is 44.0 Å². The van der Waals surface area contributed by atoms with E-state index < -0.39 is 15.9 Å². The van der Waals surface area contributed by atoms with E-state index >= 15 is 0 Å². The Labute approximate surface area is 163 Å². The summed E-state index contributed by atoms with van der Waals surface area (Å²) in [6.07, 6.45) is 1.71. The first kappa shape index (κ1) is 19.5. The van der Waals surface area contributed by atoms with Crippen LogP contribution in [0.1, 0.15) is 35.7 Å². The maximum Gasteiger partial charge on any atom is 0.271 e. The van der Waals surface area contributed by atoms with Crippen molar-refractivity contribution in [3.8, 4) is 0 Å². The minimum absolute atomic E-state index is 0.115. The number of nitrogens with zero attached hydrogens (tertiary/aromatic N) is 2. The average molecular weight is 406 g/mol. The topological polar surface area (TPSA) is 78.8 Å². The molecule has 0 radical (unpaired) electrons. The molecule has 2 aromatic rings. The van der Waals surface area contributed by atoms with Crippen molar-refractivity contribution in [1.29, 1.82) is 0 Å². The standard InChI is InChI=1S/C19H20ClN3O3S/c1-14(17-9-2-3-10-18(17)20)21-22-19(24)15-7-6-8-16(13-15)27(25,26)23-11-4-5-12-23/h2-3,6-10,13H,4-5,11-12H2,1H3,(H,22,24)/b21-14+. The molecule has 8 heteroatoms. The Morgan fingerprint density at radius 1 is 1.11 bits per heavy atom. The fraction of sp³-hybridized carbons (Fsp3) is 0.263. The molecule has 1 saturated heterocycles. The summed E-state index contributed by atoms with van der Waals surface area (Å²) in [5.41, 5.74) is 3.95. The third kappa shape index (κ3) is 4.37. The van der Waals surface area contributed by atoms with Gasteiger partial charge in [0.15, 0.2) is 0 Å². The van der Waals surface area contributed by atoms with Gasteiger partial charge in [0.2, 0.25) is 10.0 Å². The molecule has 1 amide bonds. The molecule has 27 heavy (non-hydrogen) atoms. The molecule has 0 saturated carbocycles. The Kier molecular flexibility index (Phi) is 5.94. The summed E-state index contributed by atoms with van der Waals surface area (Å²) in [4.78, 5) is 12.5. The van der Waals surface area contributed by atoms with E-state index in [0.29, 0.717) is 29.4 Å². The maximum atomic E-state index is 12.6. The first-order valence-electron chi connectivity index (χ1n) is 8.59. The van der Waals surface area contributed by atoms with Crippen molar-refractivity contribution in [2.45, 2.75) is 24.7 Å². The van der Waals surface area contributed by atoms with E-state index in [4.69, 9.17) is 11.6 Å². The predicted octanol–water partition coefficient (Wildman–Crippen LogP) is 3.28. The van der Waals surface area contributed by atoms with Gasteiger partial charge in [-0.25, -0.2) is 13.8 Å². The number of carbonyl (C=O) groups is 1. The number of rotatable bonds is 5. The highest BCUT2D eigenvalue weighted by molar-refractivity contribution is 7.89. The van der Waals surface area contributed by atoms with Crippen LogP contribution in [0.15, 0.2) is 58.5 Å². The van der Waals surface area contributed by atoms with Crippen LogP contribution >= 0.6 is 11.6 Å². The van der Waals surface area contributed by atoms with Gasteiger partial charge >= 0.3 is 0 Å². The normalized spacial score (nSPS) is 15.7. The average Bonchev–Trinajstić information content (AvgIpc) is 3.22. The second kappa shape index (κ2) is 8.21. The number of hydrogen-bond acceptors (Lipinski definition) is 4. The molecule has 1 aliphatic rings. The summed E-state index contributed by atoms with van der Waals surface area (Å²) in [5.74, 6) is -0.486. The summed E-state index contributed by atoms with van der Waals surface area (Å²) >= 11 is 6.12. The molecule has 1 N–H and O–H groups in total. The zero-order valence-electron chi connectivity index (χ0n) is 14.9. The van der Waals surface area contributed by atoms with Crippen molar-refractivity contribution in [1.82, 2.24) is 9.73 Å². The lowest BCUT2D eigenvalue weighted by molar-refractivity contribution is 0.0954. The molecule has 1 aliphatic heterocycles. The van der Waals surface area contributed by atoms with E-state index in [0.717, 1.165) is 12.8 Å². The fourth-order valence-electron chi connectivity index (χ4n) is 2.89. The van der Waals surface area contributed by atoms with Gasteiger partial charge in [0.25, 0.3) is 5.91 Å². The molecule has 1 heterocycles. The summed E-state index contributed by atoms with van der Waals surface area (Å²) in [5, 5.41) is 4.61. The molecular formula is C19H20ClN3O3S. The van der Waals surface area contributed by atoms with Gasteiger partial charge in [0.1, 0.15) is 0 Å². The Hall–Kier alpha value is -2.22. The maximum absolute atomic E-state index is 12.6. The Balaban J connectivity index is 1.78. The molecule has 1 fully saturated rings. The summed E-state index contributed by atoms with van der Waals surface area (Å²) in [7, 11) is -3.57. The van der Waals surface area contributed by atoms with Crippen LogP contribution in [0.5, 0.6) is 0 Å². The van der Waals surface area contributed by atoms with Crippen molar-refractivity contribution in [3.05, 3.63) is 64.7 Å². The molecule has 3 rings (SSSR count). The second-order valence-corrected chi connectivity index (χ2v) is 8.60. The van der Waals surface area contributed by atoms with E-state index in [1.54, 1.807) is 31.2 Å². The molecule has 0 aromatic heterocycles. The third-order valence-electron chi connectivity index (χ3n) is 4.39. The van der Waals surface area contributed by atoms with Crippen LogP contribution in [0.25, 0.3) is 0 Å². The molecular weight excluding hydrogens is 386 g/mol. The molecule has 0 unspecified atom stereocenters. The number of hydrogen-bond donors (Lipinski definition) is 1. The Bertz CT molecular complexity index is 983. The lowest BCUT2D eigenvalue weighted by atomic mass is 10.1. The fourth-order valence-corrected chi connectivity index (χ4v) is 4.73. The SMILES string of the molecule is C/C(=N\NC(=O)c1cccc(S(=O)(=O)N2CCCC2)c1)c1ccccc1Cl. The van der Waals surface area contributed by atoms with Gasteiger partial charge in [-0.3, -0.25) is 4.79 Å². The smallest absolute Gasteiger partial charge is 0.267 e.